The third-order valence-corrected chi connectivity index (χ3v) is 5.06. The fraction of sp³-hybridized carbons (Fsp3) is 0.611. The Kier molecular flexibility index (Phi) is 6.29. The van der Waals surface area contributed by atoms with Crippen LogP contribution in [0.5, 0.6) is 0 Å². The van der Waals surface area contributed by atoms with Crippen molar-refractivity contribution in [2.75, 3.05) is 19.8 Å². The number of carbonyl (C=O) groups excluding carboxylic acids is 1. The molecule has 2 aliphatic rings. The minimum Gasteiger partial charge on any atom is -0.459 e. The molecule has 0 bridgehead atoms. The van der Waals surface area contributed by atoms with Crippen molar-refractivity contribution in [1.82, 2.24) is 5.32 Å². The van der Waals surface area contributed by atoms with Crippen LogP contribution in [0.4, 0.5) is 0 Å². The Hall–Kier alpha value is -1.37. The monoisotopic (exact) mass is 351 g/mol. The Balaban J connectivity index is 1.61. The molecule has 1 aromatic rings. The van der Waals surface area contributed by atoms with Gasteiger partial charge in [0.05, 0.1) is 6.61 Å². The van der Waals surface area contributed by atoms with E-state index in [4.69, 9.17) is 14.6 Å². The lowest BCUT2D eigenvalue weighted by molar-refractivity contribution is -0.146. The van der Waals surface area contributed by atoms with Gasteiger partial charge in [-0.2, -0.15) is 11.3 Å². The van der Waals surface area contributed by atoms with Crippen molar-refractivity contribution in [3.63, 3.8) is 0 Å². The van der Waals surface area contributed by atoms with E-state index in [-0.39, 0.29) is 18.4 Å². The second-order valence-electron chi connectivity index (χ2n) is 6.43. The molecule has 0 unspecified atom stereocenters. The van der Waals surface area contributed by atoms with Gasteiger partial charge in [0.15, 0.2) is 5.76 Å². The van der Waals surface area contributed by atoms with Crippen molar-refractivity contribution >= 4 is 17.2 Å². The smallest absolute Gasteiger partial charge is 0.286 e. The summed E-state index contributed by atoms with van der Waals surface area (Å²) in [5.41, 5.74) is 1.19. The van der Waals surface area contributed by atoms with Crippen LogP contribution >= 0.6 is 11.3 Å². The Labute approximate surface area is 146 Å². The Bertz CT molecular complexity index is 553. The van der Waals surface area contributed by atoms with E-state index in [9.17, 15) is 4.79 Å². The number of amides is 1. The minimum atomic E-state index is -0.416. The molecule has 2 atom stereocenters. The molecule has 1 aliphatic heterocycles. The van der Waals surface area contributed by atoms with Gasteiger partial charge in [-0.25, -0.2) is 0 Å². The van der Waals surface area contributed by atoms with Gasteiger partial charge >= 0.3 is 0 Å². The van der Waals surface area contributed by atoms with Gasteiger partial charge < -0.3 is 19.9 Å². The molecule has 6 heteroatoms. The van der Waals surface area contributed by atoms with Crippen LogP contribution in [0.3, 0.4) is 0 Å². The zero-order valence-electron chi connectivity index (χ0n) is 13.8. The first-order chi connectivity index (χ1) is 11.8. The molecular formula is C18H25NO4S. The third kappa shape index (κ3) is 5.06. The fourth-order valence-electron chi connectivity index (χ4n) is 2.71. The summed E-state index contributed by atoms with van der Waals surface area (Å²) in [4.78, 5) is 12.4. The summed E-state index contributed by atoms with van der Waals surface area (Å²) in [5, 5.41) is 16.0. The normalized spacial score (nSPS) is 23.5. The standard InChI is InChI=1S/C18H25NO4S/c20-6-1-2-7-22-17-10-15(14-5-8-24-12-14)9-16(23-17)18(21)19-11-13-3-4-13/h5,8-9,12-13,15,17,20H,1-4,6-7,10-11H2,(H,19,21)/t15-,17+/m1/s1. The SMILES string of the molecule is O=C(NCC1CC1)C1=C[C@@H](c2ccsc2)C[C@@H](OCCCCO)O1. The van der Waals surface area contributed by atoms with Gasteiger partial charge in [-0.15, -0.1) is 0 Å². The maximum Gasteiger partial charge on any atom is 0.286 e. The largest absolute Gasteiger partial charge is 0.459 e. The number of ether oxygens (including phenoxy) is 2. The van der Waals surface area contributed by atoms with Crippen molar-refractivity contribution in [3.8, 4) is 0 Å². The summed E-state index contributed by atoms with van der Waals surface area (Å²) in [6.07, 6.45) is 6.10. The van der Waals surface area contributed by atoms with E-state index in [1.54, 1.807) is 11.3 Å². The molecule has 132 valence electrons. The summed E-state index contributed by atoms with van der Waals surface area (Å²) >= 11 is 1.65. The predicted octanol–water partition coefficient (Wildman–Crippen LogP) is 2.78. The maximum absolute atomic E-state index is 12.4. The lowest BCUT2D eigenvalue weighted by Gasteiger charge is -2.29. The van der Waals surface area contributed by atoms with Crippen molar-refractivity contribution in [2.24, 2.45) is 5.92 Å². The number of allylic oxidation sites excluding steroid dienone is 1. The first-order valence-corrected chi connectivity index (χ1v) is 9.61. The van der Waals surface area contributed by atoms with Crippen molar-refractivity contribution in [2.45, 2.75) is 44.3 Å². The predicted molar refractivity (Wildman–Crippen MR) is 92.6 cm³/mol. The van der Waals surface area contributed by atoms with E-state index in [0.29, 0.717) is 31.1 Å². The van der Waals surface area contributed by atoms with E-state index in [2.05, 4.69) is 16.8 Å². The summed E-state index contributed by atoms with van der Waals surface area (Å²) < 4.78 is 11.6. The molecule has 0 radical (unpaired) electrons. The minimum absolute atomic E-state index is 0.134. The van der Waals surface area contributed by atoms with E-state index >= 15 is 0 Å². The molecule has 0 aromatic carbocycles. The lowest BCUT2D eigenvalue weighted by Crippen LogP contribution is -2.33. The number of aliphatic hydroxyl groups is 1. The van der Waals surface area contributed by atoms with E-state index in [1.807, 2.05) is 11.5 Å². The van der Waals surface area contributed by atoms with Gasteiger partial charge in [0.2, 0.25) is 6.29 Å². The first kappa shape index (κ1) is 17.5. The van der Waals surface area contributed by atoms with Crippen LogP contribution in [-0.4, -0.2) is 37.1 Å². The topological polar surface area (TPSA) is 67.8 Å². The Morgan fingerprint density at radius 3 is 3.00 bits per heavy atom. The van der Waals surface area contributed by atoms with E-state index in [1.165, 1.54) is 18.4 Å². The van der Waals surface area contributed by atoms with Crippen molar-refractivity contribution in [3.05, 3.63) is 34.2 Å². The van der Waals surface area contributed by atoms with Crippen LogP contribution in [0.1, 0.15) is 43.6 Å². The summed E-state index contributed by atoms with van der Waals surface area (Å²) in [7, 11) is 0. The van der Waals surface area contributed by atoms with Gasteiger partial charge in [0.25, 0.3) is 5.91 Å². The van der Waals surface area contributed by atoms with Gasteiger partial charge in [-0.3, -0.25) is 4.79 Å². The molecule has 2 heterocycles. The van der Waals surface area contributed by atoms with E-state index < -0.39 is 6.29 Å². The van der Waals surface area contributed by atoms with Crippen molar-refractivity contribution in [1.29, 1.82) is 0 Å². The molecular weight excluding hydrogens is 326 g/mol. The zero-order valence-corrected chi connectivity index (χ0v) is 14.6. The summed E-state index contributed by atoms with van der Waals surface area (Å²) in [5.74, 6) is 0.988. The zero-order chi connectivity index (χ0) is 16.8. The first-order valence-electron chi connectivity index (χ1n) is 8.67. The van der Waals surface area contributed by atoms with Gasteiger partial charge in [0.1, 0.15) is 0 Å². The van der Waals surface area contributed by atoms with Crippen LogP contribution < -0.4 is 5.32 Å². The lowest BCUT2D eigenvalue weighted by atomic mass is 9.95. The number of unbranched alkanes of at least 4 members (excludes halogenated alkanes) is 1. The number of hydrogen-bond donors (Lipinski definition) is 2. The molecule has 1 amide bonds. The van der Waals surface area contributed by atoms with Gasteiger partial charge in [-0.05, 0) is 60.1 Å². The number of rotatable bonds is 9. The highest BCUT2D eigenvalue weighted by atomic mass is 32.1. The molecule has 1 fully saturated rings. The molecule has 1 aliphatic carbocycles. The van der Waals surface area contributed by atoms with Crippen LogP contribution in [0.15, 0.2) is 28.7 Å². The number of carbonyl (C=O) groups is 1. The quantitative estimate of drug-likeness (QED) is 0.671. The highest BCUT2D eigenvalue weighted by Crippen LogP contribution is 2.33. The Morgan fingerprint density at radius 2 is 2.29 bits per heavy atom. The summed E-state index contributed by atoms with van der Waals surface area (Å²) in [6.45, 7) is 1.42. The summed E-state index contributed by atoms with van der Waals surface area (Å²) in [6, 6.07) is 2.08. The fourth-order valence-corrected chi connectivity index (χ4v) is 3.44. The van der Waals surface area contributed by atoms with Crippen molar-refractivity contribution < 1.29 is 19.4 Å². The molecule has 3 rings (SSSR count). The van der Waals surface area contributed by atoms with Crippen LogP contribution in [-0.2, 0) is 14.3 Å². The molecule has 1 aromatic heterocycles. The molecule has 0 saturated heterocycles. The van der Waals surface area contributed by atoms with Crippen LogP contribution in [0.25, 0.3) is 0 Å². The third-order valence-electron chi connectivity index (χ3n) is 4.36. The average Bonchev–Trinajstić information content (AvgIpc) is 3.27. The van der Waals surface area contributed by atoms with Crippen LogP contribution in [0.2, 0.25) is 0 Å². The molecule has 5 nitrogen and oxygen atoms in total. The number of aliphatic hydroxyl groups excluding tert-OH is 1. The average molecular weight is 351 g/mol. The molecule has 2 N–H and O–H groups in total. The number of nitrogens with one attached hydrogen (secondary N) is 1. The molecule has 0 spiro atoms. The molecule has 1 saturated carbocycles. The second kappa shape index (κ2) is 8.65. The molecule has 24 heavy (non-hydrogen) atoms. The van der Waals surface area contributed by atoms with E-state index in [0.717, 1.165) is 13.0 Å². The number of thiophene rings is 1. The van der Waals surface area contributed by atoms with Gasteiger partial charge in [-0.1, -0.05) is 0 Å². The number of hydrogen-bond acceptors (Lipinski definition) is 5. The Morgan fingerprint density at radius 1 is 1.42 bits per heavy atom. The van der Waals surface area contributed by atoms with Crippen LogP contribution in [0, 0.1) is 5.92 Å². The second-order valence-corrected chi connectivity index (χ2v) is 7.21. The maximum atomic E-state index is 12.4. The highest BCUT2D eigenvalue weighted by Gasteiger charge is 2.30. The highest BCUT2D eigenvalue weighted by molar-refractivity contribution is 7.08. The van der Waals surface area contributed by atoms with Gasteiger partial charge in [0, 0.05) is 25.5 Å².